The van der Waals surface area contributed by atoms with Crippen LogP contribution in [0.2, 0.25) is 0 Å². The van der Waals surface area contributed by atoms with Crippen LogP contribution in [-0.4, -0.2) is 52.5 Å². The molecular formula is C20H32N4. The normalized spacial score (nSPS) is 28.7. The molecule has 0 N–H and O–H groups in total. The molecule has 1 unspecified atom stereocenters. The van der Waals surface area contributed by atoms with E-state index in [1.54, 1.807) is 0 Å². The Balaban J connectivity index is 1.31. The lowest BCUT2D eigenvalue weighted by Crippen LogP contribution is -2.45. The molecule has 3 heterocycles. The summed E-state index contributed by atoms with van der Waals surface area (Å²) in [6.07, 6.45) is 13.4. The minimum atomic E-state index is 0.566. The molecule has 1 spiro atoms. The molecule has 1 saturated carbocycles. The smallest absolute Gasteiger partial charge is 0.128 e. The van der Waals surface area contributed by atoms with Gasteiger partial charge in [0.15, 0.2) is 0 Å². The molecule has 24 heavy (non-hydrogen) atoms. The van der Waals surface area contributed by atoms with E-state index < -0.39 is 0 Å². The molecule has 4 heteroatoms. The maximum atomic E-state index is 4.52. The molecule has 1 aromatic rings. The van der Waals surface area contributed by atoms with Gasteiger partial charge in [-0.05, 0) is 62.9 Å². The monoisotopic (exact) mass is 328 g/mol. The summed E-state index contributed by atoms with van der Waals surface area (Å²) in [7, 11) is 0. The van der Waals surface area contributed by atoms with Gasteiger partial charge >= 0.3 is 0 Å². The molecule has 2 aliphatic heterocycles. The third kappa shape index (κ3) is 3.97. The SMILES string of the molecule is CCCc1ncc(CN2CCC3(CCCN(CC4CC4)C3)C2)cn1. The third-order valence-corrected chi connectivity index (χ3v) is 6.11. The van der Waals surface area contributed by atoms with Crippen molar-refractivity contribution in [2.24, 2.45) is 11.3 Å². The van der Waals surface area contributed by atoms with Gasteiger partial charge in [0.05, 0.1) is 0 Å². The van der Waals surface area contributed by atoms with E-state index in [-0.39, 0.29) is 0 Å². The number of nitrogens with zero attached hydrogens (tertiary/aromatic N) is 4. The summed E-state index contributed by atoms with van der Waals surface area (Å²) in [4.78, 5) is 14.4. The highest BCUT2D eigenvalue weighted by molar-refractivity contribution is 5.07. The van der Waals surface area contributed by atoms with Crippen molar-refractivity contribution in [2.75, 3.05) is 32.7 Å². The maximum absolute atomic E-state index is 4.52. The third-order valence-electron chi connectivity index (χ3n) is 6.11. The molecule has 1 atom stereocenters. The van der Waals surface area contributed by atoms with Gasteiger partial charge in [0, 0.05) is 50.6 Å². The van der Waals surface area contributed by atoms with Gasteiger partial charge in [0.1, 0.15) is 5.82 Å². The van der Waals surface area contributed by atoms with Crippen LogP contribution in [0.5, 0.6) is 0 Å². The van der Waals surface area contributed by atoms with Gasteiger partial charge in [-0.15, -0.1) is 0 Å². The van der Waals surface area contributed by atoms with Crippen molar-refractivity contribution in [3.05, 3.63) is 23.8 Å². The summed E-state index contributed by atoms with van der Waals surface area (Å²) >= 11 is 0. The summed E-state index contributed by atoms with van der Waals surface area (Å²) in [5.41, 5.74) is 1.84. The summed E-state index contributed by atoms with van der Waals surface area (Å²) in [5, 5.41) is 0. The summed E-state index contributed by atoms with van der Waals surface area (Å²) in [6, 6.07) is 0. The number of aryl methyl sites for hydroxylation is 1. The highest BCUT2D eigenvalue weighted by Crippen LogP contribution is 2.40. The largest absolute Gasteiger partial charge is 0.302 e. The number of likely N-dealkylation sites (tertiary alicyclic amines) is 2. The van der Waals surface area contributed by atoms with Crippen LogP contribution in [0.1, 0.15) is 56.8 Å². The first kappa shape index (κ1) is 16.5. The van der Waals surface area contributed by atoms with Crippen LogP contribution in [0.4, 0.5) is 0 Å². The van der Waals surface area contributed by atoms with Crippen LogP contribution in [-0.2, 0) is 13.0 Å². The van der Waals surface area contributed by atoms with E-state index in [1.807, 2.05) is 12.4 Å². The predicted octanol–water partition coefficient (Wildman–Crippen LogP) is 3.13. The summed E-state index contributed by atoms with van der Waals surface area (Å²) in [5.74, 6) is 2.01. The Kier molecular flexibility index (Phi) is 4.86. The number of piperidine rings is 1. The van der Waals surface area contributed by atoms with E-state index in [1.165, 1.54) is 70.4 Å². The molecule has 3 aliphatic rings. The zero-order chi connectivity index (χ0) is 16.4. The lowest BCUT2D eigenvalue weighted by molar-refractivity contribution is 0.0884. The Morgan fingerprint density at radius 2 is 1.88 bits per heavy atom. The average Bonchev–Trinajstić information content (AvgIpc) is 3.32. The quantitative estimate of drug-likeness (QED) is 0.803. The van der Waals surface area contributed by atoms with Crippen LogP contribution in [0, 0.1) is 11.3 Å². The maximum Gasteiger partial charge on any atom is 0.128 e. The second-order valence-electron chi connectivity index (χ2n) is 8.50. The van der Waals surface area contributed by atoms with Crippen molar-refractivity contribution in [1.82, 2.24) is 19.8 Å². The zero-order valence-corrected chi connectivity index (χ0v) is 15.2. The van der Waals surface area contributed by atoms with Crippen LogP contribution in [0.15, 0.2) is 12.4 Å². The summed E-state index contributed by atoms with van der Waals surface area (Å²) < 4.78 is 0. The molecule has 3 fully saturated rings. The van der Waals surface area contributed by atoms with E-state index in [2.05, 4.69) is 26.7 Å². The topological polar surface area (TPSA) is 32.3 Å². The minimum Gasteiger partial charge on any atom is -0.302 e. The first-order chi connectivity index (χ1) is 11.7. The van der Waals surface area contributed by atoms with E-state index in [0.717, 1.165) is 31.1 Å². The van der Waals surface area contributed by atoms with Gasteiger partial charge < -0.3 is 4.90 Å². The van der Waals surface area contributed by atoms with Gasteiger partial charge in [-0.1, -0.05) is 6.92 Å². The van der Waals surface area contributed by atoms with E-state index in [9.17, 15) is 0 Å². The van der Waals surface area contributed by atoms with Gasteiger partial charge in [-0.25, -0.2) is 9.97 Å². The standard InChI is InChI=1S/C20H32N4/c1-2-4-19-21-11-18(12-22-19)14-24-10-8-20(16-24)7-3-9-23(15-20)13-17-5-6-17/h11-12,17H,2-10,13-16H2,1H3. The molecular weight excluding hydrogens is 296 g/mol. The van der Waals surface area contributed by atoms with Crippen LogP contribution in [0.25, 0.3) is 0 Å². The highest BCUT2D eigenvalue weighted by atomic mass is 15.2. The van der Waals surface area contributed by atoms with Gasteiger partial charge in [0.2, 0.25) is 0 Å². The molecule has 132 valence electrons. The van der Waals surface area contributed by atoms with E-state index in [4.69, 9.17) is 0 Å². The summed E-state index contributed by atoms with van der Waals surface area (Å²) in [6.45, 7) is 9.76. The van der Waals surface area contributed by atoms with Gasteiger partial charge in [0.25, 0.3) is 0 Å². The number of hydrogen-bond donors (Lipinski definition) is 0. The van der Waals surface area contributed by atoms with Crippen LogP contribution >= 0.6 is 0 Å². The Hall–Kier alpha value is -1.00. The van der Waals surface area contributed by atoms with Crippen molar-refractivity contribution < 1.29 is 0 Å². The Bertz CT molecular complexity index is 539. The molecule has 0 aromatic carbocycles. The fourth-order valence-corrected chi connectivity index (χ4v) is 4.70. The number of aromatic nitrogens is 2. The van der Waals surface area contributed by atoms with Crippen molar-refractivity contribution in [3.63, 3.8) is 0 Å². The molecule has 0 bridgehead atoms. The fraction of sp³-hybridized carbons (Fsp3) is 0.800. The molecule has 4 rings (SSSR count). The van der Waals surface area contributed by atoms with Crippen LogP contribution < -0.4 is 0 Å². The molecule has 1 aliphatic carbocycles. The molecule has 0 radical (unpaired) electrons. The van der Waals surface area contributed by atoms with Gasteiger partial charge in [-0.2, -0.15) is 0 Å². The Morgan fingerprint density at radius 3 is 2.62 bits per heavy atom. The molecule has 1 aromatic heterocycles. The van der Waals surface area contributed by atoms with E-state index in [0.29, 0.717) is 5.41 Å². The average molecular weight is 329 g/mol. The second-order valence-corrected chi connectivity index (χ2v) is 8.50. The fourth-order valence-electron chi connectivity index (χ4n) is 4.70. The molecule has 0 amide bonds. The van der Waals surface area contributed by atoms with Crippen molar-refractivity contribution >= 4 is 0 Å². The van der Waals surface area contributed by atoms with Crippen LogP contribution in [0.3, 0.4) is 0 Å². The first-order valence-corrected chi connectivity index (χ1v) is 9.99. The first-order valence-electron chi connectivity index (χ1n) is 9.99. The van der Waals surface area contributed by atoms with Crippen molar-refractivity contribution in [1.29, 1.82) is 0 Å². The number of rotatable bonds is 6. The molecule has 4 nitrogen and oxygen atoms in total. The van der Waals surface area contributed by atoms with Gasteiger partial charge in [-0.3, -0.25) is 4.90 Å². The Morgan fingerprint density at radius 1 is 1.08 bits per heavy atom. The lowest BCUT2D eigenvalue weighted by atomic mass is 9.79. The van der Waals surface area contributed by atoms with Crippen molar-refractivity contribution in [3.8, 4) is 0 Å². The second kappa shape index (κ2) is 7.09. The Labute approximate surface area is 146 Å². The highest BCUT2D eigenvalue weighted by Gasteiger charge is 2.42. The minimum absolute atomic E-state index is 0.566. The zero-order valence-electron chi connectivity index (χ0n) is 15.2. The number of hydrogen-bond acceptors (Lipinski definition) is 4. The van der Waals surface area contributed by atoms with E-state index >= 15 is 0 Å². The van der Waals surface area contributed by atoms with Crippen molar-refractivity contribution in [2.45, 2.75) is 58.4 Å². The lowest BCUT2D eigenvalue weighted by Gasteiger charge is -2.40. The predicted molar refractivity (Wildman–Crippen MR) is 96.8 cm³/mol. The molecule has 2 saturated heterocycles.